The van der Waals surface area contributed by atoms with Gasteiger partial charge >= 0.3 is 0 Å². The lowest BCUT2D eigenvalue weighted by Crippen LogP contribution is -2.35. The standard InChI is InChI=1S/C21H25N3O2S2/c25-21-19-16(17-7-5-11-27-17)14-28-20(19)22-18(13-23-8-2-1-3-9-23)24(21)12-15-6-4-10-26-15/h5,7,11,14-15H,1-4,6,8-10,12-13H2. The molecule has 2 fully saturated rings. The average Bonchev–Trinajstić information content (AvgIpc) is 3.46. The molecule has 0 aromatic carbocycles. The van der Waals surface area contributed by atoms with Gasteiger partial charge < -0.3 is 4.74 Å². The highest BCUT2D eigenvalue weighted by Crippen LogP contribution is 2.34. The van der Waals surface area contributed by atoms with Crippen molar-refractivity contribution in [1.29, 1.82) is 0 Å². The molecule has 0 aliphatic carbocycles. The fraction of sp³-hybridized carbons (Fsp3) is 0.524. The van der Waals surface area contributed by atoms with Crippen molar-refractivity contribution < 1.29 is 4.74 Å². The van der Waals surface area contributed by atoms with Crippen molar-refractivity contribution in [1.82, 2.24) is 14.5 Å². The van der Waals surface area contributed by atoms with E-state index in [-0.39, 0.29) is 11.7 Å². The summed E-state index contributed by atoms with van der Waals surface area (Å²) in [6.45, 7) is 4.36. The molecule has 0 radical (unpaired) electrons. The third-order valence-electron chi connectivity index (χ3n) is 5.78. The summed E-state index contributed by atoms with van der Waals surface area (Å²) in [5.74, 6) is 0.898. The molecular formula is C21H25N3O2S2. The summed E-state index contributed by atoms with van der Waals surface area (Å²) in [6.07, 6.45) is 6.01. The van der Waals surface area contributed by atoms with E-state index in [2.05, 4.69) is 21.7 Å². The maximum atomic E-state index is 13.6. The number of nitrogens with zero attached hydrogens (tertiary/aromatic N) is 3. The quantitative estimate of drug-likeness (QED) is 0.622. The third kappa shape index (κ3) is 3.56. The highest BCUT2D eigenvalue weighted by atomic mass is 32.1. The number of aromatic nitrogens is 2. The van der Waals surface area contributed by atoms with Gasteiger partial charge in [0.15, 0.2) is 0 Å². The fourth-order valence-electron chi connectivity index (χ4n) is 4.30. The number of likely N-dealkylation sites (tertiary alicyclic amines) is 1. The Morgan fingerprint density at radius 1 is 1.18 bits per heavy atom. The number of piperidine rings is 1. The van der Waals surface area contributed by atoms with Crippen molar-refractivity contribution in [3.63, 3.8) is 0 Å². The van der Waals surface area contributed by atoms with E-state index in [0.29, 0.717) is 6.54 Å². The average molecular weight is 416 g/mol. The number of rotatable bonds is 5. The predicted octanol–water partition coefficient (Wildman–Crippen LogP) is 4.35. The Morgan fingerprint density at radius 2 is 2.07 bits per heavy atom. The van der Waals surface area contributed by atoms with Gasteiger partial charge in [-0.3, -0.25) is 14.3 Å². The van der Waals surface area contributed by atoms with Crippen molar-refractivity contribution >= 4 is 32.9 Å². The van der Waals surface area contributed by atoms with Crippen LogP contribution in [0.4, 0.5) is 0 Å². The van der Waals surface area contributed by atoms with E-state index in [9.17, 15) is 4.79 Å². The Bertz CT molecular complexity index is 997. The molecule has 1 atom stereocenters. The van der Waals surface area contributed by atoms with E-state index in [0.717, 1.165) is 65.6 Å². The highest BCUT2D eigenvalue weighted by molar-refractivity contribution is 7.18. The minimum absolute atomic E-state index is 0.0946. The SMILES string of the molecule is O=c1c2c(-c3cccs3)csc2nc(CN2CCCCC2)n1CC1CCCO1. The number of hydrogen-bond acceptors (Lipinski definition) is 6. The molecule has 2 aliphatic heterocycles. The van der Waals surface area contributed by atoms with Gasteiger partial charge in [0.05, 0.1) is 24.6 Å². The van der Waals surface area contributed by atoms with E-state index >= 15 is 0 Å². The van der Waals surface area contributed by atoms with Crippen molar-refractivity contribution in [3.05, 3.63) is 39.1 Å². The first-order valence-electron chi connectivity index (χ1n) is 10.2. The van der Waals surface area contributed by atoms with Gasteiger partial charge in [-0.15, -0.1) is 22.7 Å². The lowest BCUT2D eigenvalue weighted by molar-refractivity contribution is 0.0939. The van der Waals surface area contributed by atoms with Crippen LogP contribution < -0.4 is 5.56 Å². The van der Waals surface area contributed by atoms with Crippen LogP contribution in [0.5, 0.6) is 0 Å². The number of hydrogen-bond donors (Lipinski definition) is 0. The van der Waals surface area contributed by atoms with Crippen molar-refractivity contribution in [3.8, 4) is 10.4 Å². The van der Waals surface area contributed by atoms with E-state index in [4.69, 9.17) is 9.72 Å². The Labute approximate surface area is 172 Å². The predicted molar refractivity (Wildman–Crippen MR) is 115 cm³/mol. The Hall–Kier alpha value is -1.54. The molecule has 0 amide bonds. The summed E-state index contributed by atoms with van der Waals surface area (Å²) < 4.78 is 7.77. The maximum Gasteiger partial charge on any atom is 0.263 e. The summed E-state index contributed by atoms with van der Waals surface area (Å²) in [7, 11) is 0. The van der Waals surface area contributed by atoms with Crippen molar-refractivity contribution in [2.45, 2.75) is 51.3 Å². The topological polar surface area (TPSA) is 47.4 Å². The van der Waals surface area contributed by atoms with Crippen LogP contribution in [0.2, 0.25) is 0 Å². The van der Waals surface area contributed by atoms with E-state index < -0.39 is 0 Å². The van der Waals surface area contributed by atoms with Gasteiger partial charge in [-0.1, -0.05) is 12.5 Å². The summed E-state index contributed by atoms with van der Waals surface area (Å²) in [4.78, 5) is 23.1. The molecule has 0 spiro atoms. The summed E-state index contributed by atoms with van der Waals surface area (Å²) in [5.41, 5.74) is 1.12. The largest absolute Gasteiger partial charge is 0.376 e. The molecule has 2 saturated heterocycles. The minimum Gasteiger partial charge on any atom is -0.376 e. The summed E-state index contributed by atoms with van der Waals surface area (Å²) in [5, 5.41) is 4.92. The first kappa shape index (κ1) is 18.5. The molecule has 3 aromatic rings. The van der Waals surface area contributed by atoms with E-state index in [1.165, 1.54) is 19.3 Å². The molecule has 5 nitrogen and oxygen atoms in total. The zero-order chi connectivity index (χ0) is 18.9. The van der Waals surface area contributed by atoms with Crippen LogP contribution in [-0.2, 0) is 17.8 Å². The third-order valence-corrected chi connectivity index (χ3v) is 7.56. The summed E-state index contributed by atoms with van der Waals surface area (Å²) >= 11 is 3.26. The normalized spacial score (nSPS) is 20.9. The first-order chi connectivity index (χ1) is 13.8. The monoisotopic (exact) mass is 415 g/mol. The zero-order valence-electron chi connectivity index (χ0n) is 15.9. The van der Waals surface area contributed by atoms with Gasteiger partial charge in [-0.25, -0.2) is 4.98 Å². The Morgan fingerprint density at radius 3 is 2.82 bits per heavy atom. The number of fused-ring (bicyclic) bond motifs is 1. The molecule has 3 aromatic heterocycles. The van der Waals surface area contributed by atoms with Crippen LogP contribution in [-0.4, -0.2) is 40.3 Å². The second-order valence-electron chi connectivity index (χ2n) is 7.72. The van der Waals surface area contributed by atoms with Crippen molar-refractivity contribution in [2.24, 2.45) is 0 Å². The molecule has 0 bridgehead atoms. The van der Waals surface area contributed by atoms with Gasteiger partial charge in [0, 0.05) is 22.4 Å². The van der Waals surface area contributed by atoms with E-state index in [1.54, 1.807) is 22.7 Å². The van der Waals surface area contributed by atoms with Crippen LogP contribution >= 0.6 is 22.7 Å². The molecule has 2 aliphatic rings. The smallest absolute Gasteiger partial charge is 0.263 e. The van der Waals surface area contributed by atoms with Crippen molar-refractivity contribution in [2.75, 3.05) is 19.7 Å². The molecule has 5 heterocycles. The Kier molecular flexibility index (Phi) is 5.32. The van der Waals surface area contributed by atoms with Crippen LogP contribution in [0.25, 0.3) is 20.7 Å². The fourth-order valence-corrected chi connectivity index (χ4v) is 6.07. The highest BCUT2D eigenvalue weighted by Gasteiger charge is 2.23. The second kappa shape index (κ2) is 8.06. The molecule has 0 N–H and O–H groups in total. The molecule has 1 unspecified atom stereocenters. The minimum atomic E-state index is 0.0946. The molecule has 5 rings (SSSR count). The molecule has 148 valence electrons. The van der Waals surface area contributed by atoms with Crippen LogP contribution in [0.15, 0.2) is 27.7 Å². The van der Waals surface area contributed by atoms with Gasteiger partial charge in [0.1, 0.15) is 10.7 Å². The van der Waals surface area contributed by atoms with Gasteiger partial charge in [0.25, 0.3) is 5.56 Å². The zero-order valence-corrected chi connectivity index (χ0v) is 17.6. The van der Waals surface area contributed by atoms with Crippen LogP contribution in [0, 0.1) is 0 Å². The Balaban J connectivity index is 1.59. The molecule has 28 heavy (non-hydrogen) atoms. The van der Waals surface area contributed by atoms with Crippen LogP contribution in [0.1, 0.15) is 37.9 Å². The van der Waals surface area contributed by atoms with Gasteiger partial charge in [0.2, 0.25) is 0 Å². The molecule has 7 heteroatoms. The molecule has 0 saturated carbocycles. The second-order valence-corrected chi connectivity index (χ2v) is 9.53. The first-order valence-corrected chi connectivity index (χ1v) is 11.9. The van der Waals surface area contributed by atoms with Gasteiger partial charge in [-0.2, -0.15) is 0 Å². The van der Waals surface area contributed by atoms with Gasteiger partial charge in [-0.05, 0) is 50.2 Å². The van der Waals surface area contributed by atoms with Crippen LogP contribution in [0.3, 0.4) is 0 Å². The lowest BCUT2D eigenvalue weighted by Gasteiger charge is -2.27. The summed E-state index contributed by atoms with van der Waals surface area (Å²) in [6, 6.07) is 4.12. The maximum absolute atomic E-state index is 13.6. The molecular weight excluding hydrogens is 390 g/mol. The number of thiophene rings is 2. The number of ether oxygens (including phenoxy) is 1. The lowest BCUT2D eigenvalue weighted by atomic mass is 10.1. The van der Waals surface area contributed by atoms with E-state index in [1.807, 2.05) is 10.6 Å².